The highest BCUT2D eigenvalue weighted by Crippen LogP contribution is 2.30. The van der Waals surface area contributed by atoms with E-state index in [1.54, 1.807) is 0 Å². The lowest BCUT2D eigenvalue weighted by Gasteiger charge is -2.15. The van der Waals surface area contributed by atoms with E-state index in [0.717, 1.165) is 18.4 Å². The van der Waals surface area contributed by atoms with Crippen molar-refractivity contribution in [1.82, 2.24) is 0 Å². The molecule has 0 saturated carbocycles. The summed E-state index contributed by atoms with van der Waals surface area (Å²) in [5.41, 5.74) is 1.93. The van der Waals surface area contributed by atoms with E-state index in [2.05, 4.69) is 11.4 Å². The van der Waals surface area contributed by atoms with Crippen molar-refractivity contribution in [3.05, 3.63) is 29.8 Å². The highest BCUT2D eigenvalue weighted by molar-refractivity contribution is 5.76. The summed E-state index contributed by atoms with van der Waals surface area (Å²) in [4.78, 5) is 10.7. The molecule has 1 heterocycles. The Morgan fingerprint density at radius 2 is 2.25 bits per heavy atom. The molecule has 0 bridgehead atoms. The standard InChI is InChI=1S/C10H11NO/c1-10(7-12)6-8-4-2-3-5-9(8)11-10/h2-5,7,11H,6H2,1H3. The van der Waals surface area contributed by atoms with Crippen molar-refractivity contribution in [2.24, 2.45) is 0 Å². The minimum atomic E-state index is -0.385. The molecule has 2 heteroatoms. The molecule has 62 valence electrons. The van der Waals surface area contributed by atoms with Crippen molar-refractivity contribution in [3.63, 3.8) is 0 Å². The smallest absolute Gasteiger partial charge is 0.145 e. The number of fused-ring (bicyclic) bond motifs is 1. The molecule has 0 aliphatic carbocycles. The fraction of sp³-hybridized carbons (Fsp3) is 0.300. The Labute approximate surface area is 71.6 Å². The molecule has 0 spiro atoms. The van der Waals surface area contributed by atoms with Gasteiger partial charge in [0.1, 0.15) is 6.29 Å². The van der Waals surface area contributed by atoms with Crippen LogP contribution in [0.4, 0.5) is 5.69 Å². The quantitative estimate of drug-likeness (QED) is 0.634. The van der Waals surface area contributed by atoms with E-state index in [1.165, 1.54) is 5.56 Å². The second-order valence-electron chi connectivity index (χ2n) is 3.49. The molecule has 2 nitrogen and oxygen atoms in total. The molecule has 0 radical (unpaired) electrons. The minimum Gasteiger partial charge on any atom is -0.373 e. The first-order valence-corrected chi connectivity index (χ1v) is 4.06. The predicted molar refractivity (Wildman–Crippen MR) is 48.2 cm³/mol. The van der Waals surface area contributed by atoms with Gasteiger partial charge in [-0.15, -0.1) is 0 Å². The van der Waals surface area contributed by atoms with Crippen LogP contribution in [0.1, 0.15) is 12.5 Å². The summed E-state index contributed by atoms with van der Waals surface area (Å²) in [7, 11) is 0. The van der Waals surface area contributed by atoms with Crippen molar-refractivity contribution >= 4 is 12.0 Å². The molecule has 1 N–H and O–H groups in total. The second kappa shape index (κ2) is 2.34. The van der Waals surface area contributed by atoms with Gasteiger partial charge in [-0.05, 0) is 18.6 Å². The highest BCUT2D eigenvalue weighted by Gasteiger charge is 2.30. The fourth-order valence-electron chi connectivity index (χ4n) is 1.62. The number of anilines is 1. The van der Waals surface area contributed by atoms with Crippen LogP contribution in [-0.4, -0.2) is 11.8 Å². The average molecular weight is 161 g/mol. The van der Waals surface area contributed by atoms with Crippen LogP contribution in [0.25, 0.3) is 0 Å². The second-order valence-corrected chi connectivity index (χ2v) is 3.49. The van der Waals surface area contributed by atoms with Gasteiger partial charge in [-0.25, -0.2) is 0 Å². The third kappa shape index (κ3) is 0.998. The van der Waals surface area contributed by atoms with E-state index in [0.29, 0.717) is 0 Å². The Morgan fingerprint density at radius 1 is 1.50 bits per heavy atom. The summed E-state index contributed by atoms with van der Waals surface area (Å²) < 4.78 is 0. The van der Waals surface area contributed by atoms with Gasteiger partial charge in [0.25, 0.3) is 0 Å². The summed E-state index contributed by atoms with van der Waals surface area (Å²) in [6.07, 6.45) is 1.78. The Bertz CT molecular complexity index is 294. The van der Waals surface area contributed by atoms with Crippen molar-refractivity contribution in [1.29, 1.82) is 0 Å². The van der Waals surface area contributed by atoms with Crippen LogP contribution in [0.5, 0.6) is 0 Å². The first kappa shape index (κ1) is 7.35. The maximum Gasteiger partial charge on any atom is 0.145 e. The summed E-state index contributed by atoms with van der Waals surface area (Å²) in [6.45, 7) is 1.92. The predicted octanol–water partition coefficient (Wildman–Crippen LogP) is 1.61. The lowest BCUT2D eigenvalue weighted by Crippen LogP contribution is -2.33. The van der Waals surface area contributed by atoms with Crippen LogP contribution in [0.2, 0.25) is 0 Å². The number of aldehydes is 1. The number of carbonyl (C=O) groups is 1. The number of hydrogen-bond acceptors (Lipinski definition) is 2. The number of carbonyl (C=O) groups excluding carboxylic acids is 1. The van der Waals surface area contributed by atoms with Crippen molar-refractivity contribution in [2.75, 3.05) is 5.32 Å². The van der Waals surface area contributed by atoms with Crippen molar-refractivity contribution < 1.29 is 4.79 Å². The summed E-state index contributed by atoms with van der Waals surface area (Å²) >= 11 is 0. The van der Waals surface area contributed by atoms with Gasteiger partial charge in [0.2, 0.25) is 0 Å². The van der Waals surface area contributed by atoms with Gasteiger partial charge < -0.3 is 10.1 Å². The Kier molecular flexibility index (Phi) is 1.43. The van der Waals surface area contributed by atoms with Crippen LogP contribution in [0.15, 0.2) is 24.3 Å². The number of nitrogens with one attached hydrogen (secondary N) is 1. The summed E-state index contributed by atoms with van der Waals surface area (Å²) in [6, 6.07) is 8.03. The topological polar surface area (TPSA) is 29.1 Å². The van der Waals surface area contributed by atoms with Gasteiger partial charge in [-0.3, -0.25) is 0 Å². The molecule has 1 aliphatic heterocycles. The lowest BCUT2D eigenvalue weighted by molar-refractivity contribution is -0.110. The Hall–Kier alpha value is -1.31. The number of rotatable bonds is 1. The molecular weight excluding hydrogens is 150 g/mol. The molecule has 1 unspecified atom stereocenters. The van der Waals surface area contributed by atoms with E-state index >= 15 is 0 Å². The molecule has 0 saturated heterocycles. The van der Waals surface area contributed by atoms with E-state index in [4.69, 9.17) is 0 Å². The van der Waals surface area contributed by atoms with Crippen LogP contribution in [0.3, 0.4) is 0 Å². The van der Waals surface area contributed by atoms with Gasteiger partial charge >= 0.3 is 0 Å². The number of hydrogen-bond donors (Lipinski definition) is 1. The molecule has 1 aromatic rings. The minimum absolute atomic E-state index is 0.385. The molecule has 1 aliphatic rings. The molecular formula is C10H11NO. The SMILES string of the molecule is CC1(C=O)Cc2ccccc2N1. The Balaban J connectivity index is 2.39. The molecule has 0 fully saturated rings. The van der Waals surface area contributed by atoms with Gasteiger partial charge in [-0.2, -0.15) is 0 Å². The zero-order valence-electron chi connectivity index (χ0n) is 7.00. The fourth-order valence-corrected chi connectivity index (χ4v) is 1.62. The zero-order chi connectivity index (χ0) is 8.60. The Morgan fingerprint density at radius 3 is 2.92 bits per heavy atom. The molecule has 0 aromatic heterocycles. The van der Waals surface area contributed by atoms with Crippen LogP contribution >= 0.6 is 0 Å². The monoisotopic (exact) mass is 161 g/mol. The highest BCUT2D eigenvalue weighted by atomic mass is 16.1. The maximum absolute atomic E-state index is 10.7. The van der Waals surface area contributed by atoms with Crippen molar-refractivity contribution in [3.8, 4) is 0 Å². The van der Waals surface area contributed by atoms with E-state index in [-0.39, 0.29) is 5.54 Å². The first-order valence-electron chi connectivity index (χ1n) is 4.06. The van der Waals surface area contributed by atoms with Gasteiger partial charge in [-0.1, -0.05) is 18.2 Å². The molecule has 1 aromatic carbocycles. The van der Waals surface area contributed by atoms with E-state index in [9.17, 15) is 4.79 Å². The lowest BCUT2D eigenvalue weighted by atomic mass is 10.00. The van der Waals surface area contributed by atoms with Gasteiger partial charge in [0.05, 0.1) is 5.54 Å². The molecule has 0 amide bonds. The summed E-state index contributed by atoms with van der Waals surface area (Å²) in [5.74, 6) is 0. The van der Waals surface area contributed by atoms with Crippen LogP contribution in [-0.2, 0) is 11.2 Å². The molecule has 1 atom stereocenters. The summed E-state index contributed by atoms with van der Waals surface area (Å²) in [5, 5.41) is 3.19. The molecule has 2 rings (SSSR count). The van der Waals surface area contributed by atoms with E-state index in [1.807, 2.05) is 25.1 Å². The van der Waals surface area contributed by atoms with E-state index < -0.39 is 0 Å². The molecule has 12 heavy (non-hydrogen) atoms. The average Bonchev–Trinajstić information content (AvgIpc) is 2.42. The third-order valence-electron chi connectivity index (χ3n) is 2.26. The number of benzene rings is 1. The van der Waals surface area contributed by atoms with Crippen LogP contribution in [0, 0.1) is 0 Å². The van der Waals surface area contributed by atoms with Gasteiger partial charge in [0.15, 0.2) is 0 Å². The first-order chi connectivity index (χ1) is 5.73. The maximum atomic E-state index is 10.7. The normalized spacial score (nSPS) is 26.1. The largest absolute Gasteiger partial charge is 0.373 e. The third-order valence-corrected chi connectivity index (χ3v) is 2.26. The van der Waals surface area contributed by atoms with Crippen molar-refractivity contribution in [2.45, 2.75) is 18.9 Å². The number of para-hydroxylation sites is 1. The zero-order valence-corrected chi connectivity index (χ0v) is 7.00. The van der Waals surface area contributed by atoms with Crippen LogP contribution < -0.4 is 5.32 Å². The van der Waals surface area contributed by atoms with Gasteiger partial charge in [0, 0.05) is 12.1 Å².